The molecule has 0 spiro atoms. The summed E-state index contributed by atoms with van der Waals surface area (Å²) in [6.45, 7) is 4.95. The van der Waals surface area contributed by atoms with Gasteiger partial charge in [0.25, 0.3) is 0 Å². The van der Waals surface area contributed by atoms with Crippen molar-refractivity contribution in [3.8, 4) is 11.5 Å². The van der Waals surface area contributed by atoms with E-state index in [1.807, 2.05) is 43.8 Å². The Bertz CT molecular complexity index is 727. The third-order valence-electron chi connectivity index (χ3n) is 3.72. The average Bonchev–Trinajstić information content (AvgIpc) is 3.02. The normalized spacial score (nSPS) is 12.3. The number of rotatable bonds is 3. The number of nitrogens with one attached hydrogen (secondary N) is 2. The molecule has 7 heteroatoms. The van der Waals surface area contributed by atoms with Gasteiger partial charge in [-0.2, -0.15) is 5.10 Å². The summed E-state index contributed by atoms with van der Waals surface area (Å²) in [6.07, 6.45) is 0. The lowest BCUT2D eigenvalue weighted by Gasteiger charge is -2.11. The predicted molar refractivity (Wildman–Crippen MR) is 88.3 cm³/mol. The molecule has 0 amide bonds. The van der Waals surface area contributed by atoms with Crippen LogP contribution in [0.2, 0.25) is 0 Å². The summed E-state index contributed by atoms with van der Waals surface area (Å²) in [6, 6.07) is 5.64. The first-order valence-electron chi connectivity index (χ1n) is 6.98. The van der Waals surface area contributed by atoms with Gasteiger partial charge in [-0.1, -0.05) is 0 Å². The first kappa shape index (κ1) is 14.6. The second kappa shape index (κ2) is 5.84. The van der Waals surface area contributed by atoms with Crippen molar-refractivity contribution in [1.82, 2.24) is 15.1 Å². The van der Waals surface area contributed by atoms with Crippen LogP contribution in [0.3, 0.4) is 0 Å². The van der Waals surface area contributed by atoms with Crippen molar-refractivity contribution in [3.63, 3.8) is 0 Å². The van der Waals surface area contributed by atoms with E-state index in [4.69, 9.17) is 21.7 Å². The topological polar surface area (TPSA) is 60.3 Å². The maximum absolute atomic E-state index is 5.35. The van der Waals surface area contributed by atoms with Crippen molar-refractivity contribution in [2.24, 2.45) is 7.05 Å². The molecule has 0 unspecified atom stereocenters. The number of thiocarbonyl (C=S) groups is 1. The van der Waals surface area contributed by atoms with E-state index in [1.165, 1.54) is 0 Å². The highest BCUT2D eigenvalue weighted by atomic mass is 32.1. The molecule has 22 heavy (non-hydrogen) atoms. The van der Waals surface area contributed by atoms with Gasteiger partial charge in [-0.05, 0) is 38.2 Å². The zero-order valence-electron chi connectivity index (χ0n) is 12.8. The summed E-state index contributed by atoms with van der Waals surface area (Å²) in [5, 5.41) is 11.3. The Balaban J connectivity index is 1.61. The maximum atomic E-state index is 5.35. The molecule has 0 radical (unpaired) electrons. The number of ether oxygens (including phenoxy) is 2. The quantitative estimate of drug-likeness (QED) is 0.847. The summed E-state index contributed by atoms with van der Waals surface area (Å²) in [4.78, 5) is 0. The molecule has 3 rings (SSSR count). The van der Waals surface area contributed by atoms with E-state index in [1.54, 1.807) is 0 Å². The number of benzene rings is 1. The van der Waals surface area contributed by atoms with E-state index < -0.39 is 0 Å². The van der Waals surface area contributed by atoms with Gasteiger partial charge in [-0.3, -0.25) is 4.68 Å². The van der Waals surface area contributed by atoms with E-state index in [-0.39, 0.29) is 6.79 Å². The zero-order valence-corrected chi connectivity index (χ0v) is 13.6. The number of aryl methyl sites for hydroxylation is 2. The van der Waals surface area contributed by atoms with Crippen LogP contribution in [-0.4, -0.2) is 21.7 Å². The van der Waals surface area contributed by atoms with Crippen LogP contribution in [0.4, 0.5) is 5.69 Å². The number of nitrogens with zero attached hydrogens (tertiary/aromatic N) is 2. The number of fused-ring (bicyclic) bond motifs is 1. The second-order valence-electron chi connectivity index (χ2n) is 5.15. The fraction of sp³-hybridized carbons (Fsp3) is 0.333. The Morgan fingerprint density at radius 2 is 2.09 bits per heavy atom. The molecule has 6 nitrogen and oxygen atoms in total. The van der Waals surface area contributed by atoms with Crippen LogP contribution >= 0.6 is 12.2 Å². The van der Waals surface area contributed by atoms with Crippen molar-refractivity contribution in [3.05, 3.63) is 35.2 Å². The van der Waals surface area contributed by atoms with Gasteiger partial charge in [0.1, 0.15) is 0 Å². The van der Waals surface area contributed by atoms with Gasteiger partial charge in [-0.15, -0.1) is 0 Å². The molecule has 1 aromatic carbocycles. The third kappa shape index (κ3) is 2.85. The molecular formula is C15H18N4O2S. The highest BCUT2D eigenvalue weighted by Crippen LogP contribution is 2.34. The van der Waals surface area contributed by atoms with Crippen LogP contribution in [0.1, 0.15) is 17.0 Å². The van der Waals surface area contributed by atoms with Gasteiger partial charge in [-0.25, -0.2) is 0 Å². The molecule has 2 N–H and O–H groups in total. The number of hydrogen-bond donors (Lipinski definition) is 2. The van der Waals surface area contributed by atoms with Crippen molar-refractivity contribution in [1.29, 1.82) is 0 Å². The molecule has 2 aromatic rings. The minimum Gasteiger partial charge on any atom is -0.454 e. The van der Waals surface area contributed by atoms with Crippen LogP contribution < -0.4 is 20.1 Å². The first-order chi connectivity index (χ1) is 10.5. The van der Waals surface area contributed by atoms with Crippen LogP contribution in [-0.2, 0) is 13.6 Å². The monoisotopic (exact) mass is 318 g/mol. The van der Waals surface area contributed by atoms with Gasteiger partial charge in [0.05, 0.1) is 5.69 Å². The second-order valence-corrected chi connectivity index (χ2v) is 5.56. The minimum atomic E-state index is 0.265. The molecule has 1 aliphatic rings. The fourth-order valence-corrected chi connectivity index (χ4v) is 2.58. The highest BCUT2D eigenvalue weighted by molar-refractivity contribution is 7.80. The minimum absolute atomic E-state index is 0.265. The summed E-state index contributed by atoms with van der Waals surface area (Å²) in [5.74, 6) is 1.48. The van der Waals surface area contributed by atoms with E-state index in [2.05, 4.69) is 15.7 Å². The Kier molecular flexibility index (Phi) is 3.89. The zero-order chi connectivity index (χ0) is 15.7. The smallest absolute Gasteiger partial charge is 0.231 e. The van der Waals surface area contributed by atoms with Crippen LogP contribution in [0.25, 0.3) is 0 Å². The Morgan fingerprint density at radius 3 is 2.82 bits per heavy atom. The van der Waals surface area contributed by atoms with Crippen molar-refractivity contribution < 1.29 is 9.47 Å². The lowest BCUT2D eigenvalue weighted by Crippen LogP contribution is -2.28. The van der Waals surface area contributed by atoms with E-state index in [9.17, 15) is 0 Å². The van der Waals surface area contributed by atoms with Crippen molar-refractivity contribution in [2.75, 3.05) is 12.1 Å². The molecule has 1 aliphatic heterocycles. The Morgan fingerprint density at radius 1 is 1.32 bits per heavy atom. The predicted octanol–water partition coefficient (Wildman–Crippen LogP) is 2.25. The van der Waals surface area contributed by atoms with Gasteiger partial charge < -0.3 is 20.1 Å². The van der Waals surface area contributed by atoms with Gasteiger partial charge in [0.15, 0.2) is 16.6 Å². The Labute approximate surface area is 134 Å². The van der Waals surface area contributed by atoms with Crippen molar-refractivity contribution >= 4 is 23.0 Å². The van der Waals surface area contributed by atoms with Crippen molar-refractivity contribution in [2.45, 2.75) is 20.4 Å². The molecule has 0 saturated heterocycles. The number of hydrogen-bond acceptors (Lipinski definition) is 4. The van der Waals surface area contributed by atoms with Crippen LogP contribution in [0, 0.1) is 13.8 Å². The molecule has 0 fully saturated rings. The molecule has 0 aliphatic carbocycles. The van der Waals surface area contributed by atoms with Crippen LogP contribution in [0.15, 0.2) is 18.2 Å². The van der Waals surface area contributed by atoms with Gasteiger partial charge in [0.2, 0.25) is 6.79 Å². The maximum Gasteiger partial charge on any atom is 0.231 e. The SMILES string of the molecule is Cc1nn(C)c(C)c1CNC(=S)Nc1ccc2c(c1)OCO2. The summed E-state index contributed by atoms with van der Waals surface area (Å²) in [7, 11) is 1.94. The summed E-state index contributed by atoms with van der Waals surface area (Å²) < 4.78 is 12.5. The van der Waals surface area contributed by atoms with Gasteiger partial charge >= 0.3 is 0 Å². The highest BCUT2D eigenvalue weighted by Gasteiger charge is 2.14. The molecule has 0 atom stereocenters. The number of aromatic nitrogens is 2. The van der Waals surface area contributed by atoms with E-state index >= 15 is 0 Å². The lowest BCUT2D eigenvalue weighted by atomic mass is 10.2. The molecule has 2 heterocycles. The standard InChI is InChI=1S/C15H18N4O2S/c1-9-12(10(2)19(3)18-9)7-16-15(22)17-11-4-5-13-14(6-11)21-8-20-13/h4-6H,7-8H2,1-3H3,(H2,16,17,22). The summed E-state index contributed by atoms with van der Waals surface area (Å²) in [5.41, 5.74) is 4.17. The van der Waals surface area contributed by atoms with Gasteiger partial charge in [0, 0.05) is 36.6 Å². The third-order valence-corrected chi connectivity index (χ3v) is 3.96. The molecule has 116 valence electrons. The molecular weight excluding hydrogens is 300 g/mol. The molecule has 1 aromatic heterocycles. The Hall–Kier alpha value is -2.28. The van der Waals surface area contributed by atoms with E-state index in [0.29, 0.717) is 11.7 Å². The van der Waals surface area contributed by atoms with E-state index in [0.717, 1.165) is 34.1 Å². The average molecular weight is 318 g/mol. The van der Waals surface area contributed by atoms with Crippen LogP contribution in [0.5, 0.6) is 11.5 Å². The number of anilines is 1. The molecule has 0 bridgehead atoms. The largest absolute Gasteiger partial charge is 0.454 e. The lowest BCUT2D eigenvalue weighted by molar-refractivity contribution is 0.174. The summed E-state index contributed by atoms with van der Waals surface area (Å²) >= 11 is 5.34. The molecule has 0 saturated carbocycles. The first-order valence-corrected chi connectivity index (χ1v) is 7.39. The fourth-order valence-electron chi connectivity index (χ4n) is 2.39.